The van der Waals surface area contributed by atoms with Crippen LogP contribution in [0, 0.1) is 0 Å². The van der Waals surface area contributed by atoms with Crippen LogP contribution >= 0.6 is 0 Å². The Morgan fingerprint density at radius 1 is 1.20 bits per heavy atom. The Labute approximate surface area is 146 Å². The average molecular weight is 333 g/mol. The van der Waals surface area contributed by atoms with E-state index in [0.29, 0.717) is 12.1 Å². The molecule has 1 aliphatic rings. The van der Waals surface area contributed by atoms with Gasteiger partial charge in [-0.3, -0.25) is 4.79 Å². The van der Waals surface area contributed by atoms with E-state index in [4.69, 9.17) is 0 Å². The van der Waals surface area contributed by atoms with Crippen LogP contribution in [0.3, 0.4) is 0 Å². The lowest BCUT2D eigenvalue weighted by molar-refractivity contribution is 0.0730. The van der Waals surface area contributed by atoms with Crippen molar-refractivity contribution in [2.24, 2.45) is 0 Å². The first kappa shape index (κ1) is 15.4. The topological polar surface area (TPSA) is 69.2 Å². The van der Waals surface area contributed by atoms with Crippen LogP contribution < -0.4 is 0 Å². The molecule has 1 aliphatic carbocycles. The van der Waals surface area contributed by atoms with Crippen molar-refractivity contribution in [2.45, 2.75) is 25.4 Å². The summed E-state index contributed by atoms with van der Waals surface area (Å²) >= 11 is 0. The van der Waals surface area contributed by atoms with Crippen LogP contribution in [0.15, 0.2) is 60.9 Å². The van der Waals surface area contributed by atoms with Crippen LogP contribution in [0.5, 0.6) is 5.75 Å². The molecular formula is C20H19N3O2. The molecule has 2 aromatic carbocycles. The molecule has 0 spiro atoms. The van der Waals surface area contributed by atoms with Gasteiger partial charge in [0.1, 0.15) is 11.6 Å². The molecule has 1 heterocycles. The van der Waals surface area contributed by atoms with Crippen molar-refractivity contribution in [3.05, 3.63) is 72.1 Å². The van der Waals surface area contributed by atoms with E-state index in [1.165, 1.54) is 0 Å². The van der Waals surface area contributed by atoms with Gasteiger partial charge in [0.25, 0.3) is 5.91 Å². The van der Waals surface area contributed by atoms with E-state index in [-0.39, 0.29) is 17.7 Å². The Balaban J connectivity index is 1.60. The minimum Gasteiger partial charge on any atom is -0.508 e. The molecule has 3 aromatic rings. The number of hydrogen-bond donors (Lipinski definition) is 2. The van der Waals surface area contributed by atoms with Gasteiger partial charge in [-0.25, -0.2) is 4.98 Å². The maximum atomic E-state index is 13.1. The second kappa shape index (κ2) is 6.43. The molecule has 0 unspecified atom stereocenters. The monoisotopic (exact) mass is 333 g/mol. The lowest BCUT2D eigenvalue weighted by Gasteiger charge is -2.23. The molecule has 1 fully saturated rings. The third-order valence-electron chi connectivity index (χ3n) is 4.39. The molecule has 1 aromatic heterocycles. The number of phenols is 1. The second-order valence-electron chi connectivity index (χ2n) is 6.35. The van der Waals surface area contributed by atoms with E-state index in [9.17, 15) is 9.90 Å². The number of carbonyl (C=O) groups is 1. The number of aromatic amines is 1. The van der Waals surface area contributed by atoms with Gasteiger partial charge in [0, 0.05) is 36.1 Å². The molecule has 5 nitrogen and oxygen atoms in total. The fourth-order valence-corrected chi connectivity index (χ4v) is 2.99. The lowest BCUT2D eigenvalue weighted by Crippen LogP contribution is -2.32. The lowest BCUT2D eigenvalue weighted by atomic mass is 10.1. The zero-order valence-corrected chi connectivity index (χ0v) is 13.7. The highest BCUT2D eigenvalue weighted by atomic mass is 16.3. The van der Waals surface area contributed by atoms with Crippen molar-refractivity contribution in [1.29, 1.82) is 0 Å². The van der Waals surface area contributed by atoms with E-state index in [2.05, 4.69) is 9.97 Å². The zero-order chi connectivity index (χ0) is 17.2. The second-order valence-corrected chi connectivity index (χ2v) is 6.35. The molecule has 0 aliphatic heterocycles. The van der Waals surface area contributed by atoms with Crippen LogP contribution in [0.25, 0.3) is 11.4 Å². The number of nitrogens with one attached hydrogen (secondary N) is 1. The molecular weight excluding hydrogens is 314 g/mol. The van der Waals surface area contributed by atoms with Crippen LogP contribution in [0.4, 0.5) is 0 Å². The first-order valence-electron chi connectivity index (χ1n) is 8.39. The van der Waals surface area contributed by atoms with Gasteiger partial charge in [-0.15, -0.1) is 0 Å². The van der Waals surface area contributed by atoms with E-state index in [1.54, 1.807) is 30.6 Å². The summed E-state index contributed by atoms with van der Waals surface area (Å²) in [6, 6.07) is 14.9. The summed E-state index contributed by atoms with van der Waals surface area (Å²) in [5.74, 6) is 0.986. The molecule has 1 saturated carbocycles. The minimum absolute atomic E-state index is 0.0132. The van der Waals surface area contributed by atoms with Crippen LogP contribution in [0.1, 0.15) is 28.8 Å². The average Bonchev–Trinajstić information content (AvgIpc) is 3.32. The van der Waals surface area contributed by atoms with Gasteiger partial charge in [-0.05, 0) is 42.7 Å². The van der Waals surface area contributed by atoms with Gasteiger partial charge in [-0.1, -0.05) is 24.3 Å². The van der Waals surface area contributed by atoms with Gasteiger partial charge in [-0.2, -0.15) is 0 Å². The molecule has 25 heavy (non-hydrogen) atoms. The summed E-state index contributed by atoms with van der Waals surface area (Å²) in [6.45, 7) is 0.503. The number of aromatic hydroxyl groups is 1. The first-order valence-corrected chi connectivity index (χ1v) is 8.39. The van der Waals surface area contributed by atoms with E-state index in [1.807, 2.05) is 35.2 Å². The van der Waals surface area contributed by atoms with Gasteiger partial charge in [0.15, 0.2) is 0 Å². The van der Waals surface area contributed by atoms with Gasteiger partial charge < -0.3 is 15.0 Å². The Kier molecular flexibility index (Phi) is 3.98. The maximum Gasteiger partial charge on any atom is 0.254 e. The van der Waals surface area contributed by atoms with Crippen LogP contribution in [-0.2, 0) is 6.54 Å². The molecule has 4 rings (SSSR count). The number of nitrogens with zero attached hydrogens (tertiary/aromatic N) is 2. The van der Waals surface area contributed by atoms with Crippen molar-refractivity contribution in [1.82, 2.24) is 14.9 Å². The Morgan fingerprint density at radius 2 is 2.04 bits per heavy atom. The molecule has 5 heteroatoms. The largest absolute Gasteiger partial charge is 0.508 e. The quantitative estimate of drug-likeness (QED) is 0.750. The number of benzene rings is 2. The zero-order valence-electron chi connectivity index (χ0n) is 13.7. The molecule has 0 bridgehead atoms. The summed E-state index contributed by atoms with van der Waals surface area (Å²) in [6.07, 6.45) is 5.52. The number of amides is 1. The molecule has 1 amide bonds. The standard InChI is InChI=1S/C20H19N3O2/c24-18-6-1-3-14(11-18)13-23(17-7-8-17)20(25)16-5-2-4-15(12-16)19-21-9-10-22-19/h1-6,9-12,17,24H,7-8,13H2,(H,21,22). The Bertz CT molecular complexity index is 885. The molecule has 2 N–H and O–H groups in total. The Hall–Kier alpha value is -3.08. The van der Waals surface area contributed by atoms with E-state index >= 15 is 0 Å². The van der Waals surface area contributed by atoms with Crippen LogP contribution in [0.2, 0.25) is 0 Å². The summed E-state index contributed by atoms with van der Waals surface area (Å²) in [4.78, 5) is 22.3. The van der Waals surface area contributed by atoms with Gasteiger partial charge >= 0.3 is 0 Å². The fraction of sp³-hybridized carbons (Fsp3) is 0.200. The third-order valence-corrected chi connectivity index (χ3v) is 4.39. The van der Waals surface area contributed by atoms with Crippen molar-refractivity contribution in [3.8, 4) is 17.1 Å². The van der Waals surface area contributed by atoms with Crippen molar-refractivity contribution >= 4 is 5.91 Å². The van der Waals surface area contributed by atoms with Crippen molar-refractivity contribution in [2.75, 3.05) is 0 Å². The van der Waals surface area contributed by atoms with Crippen molar-refractivity contribution < 1.29 is 9.90 Å². The number of imidazole rings is 1. The molecule has 0 atom stereocenters. The van der Waals surface area contributed by atoms with Crippen LogP contribution in [-0.4, -0.2) is 31.9 Å². The highest BCUT2D eigenvalue weighted by Gasteiger charge is 2.33. The number of rotatable bonds is 5. The Morgan fingerprint density at radius 3 is 2.76 bits per heavy atom. The maximum absolute atomic E-state index is 13.1. The molecule has 126 valence electrons. The summed E-state index contributed by atoms with van der Waals surface area (Å²) in [5, 5.41) is 9.66. The number of aromatic nitrogens is 2. The van der Waals surface area contributed by atoms with Gasteiger partial charge in [0.2, 0.25) is 0 Å². The highest BCUT2D eigenvalue weighted by Crippen LogP contribution is 2.31. The smallest absolute Gasteiger partial charge is 0.254 e. The predicted molar refractivity (Wildman–Crippen MR) is 95.0 cm³/mol. The van der Waals surface area contributed by atoms with Gasteiger partial charge in [0.05, 0.1) is 0 Å². The number of phenolic OH excluding ortho intramolecular Hbond substituents is 1. The SMILES string of the molecule is O=C(c1cccc(-c2ncc[nH]2)c1)N(Cc1cccc(O)c1)C1CC1. The minimum atomic E-state index is 0.0132. The predicted octanol–water partition coefficient (Wildman–Crippen LogP) is 3.59. The van der Waals surface area contributed by atoms with E-state index in [0.717, 1.165) is 29.8 Å². The normalized spacial score (nSPS) is 13.6. The van der Waals surface area contributed by atoms with E-state index < -0.39 is 0 Å². The number of carbonyl (C=O) groups excluding carboxylic acids is 1. The van der Waals surface area contributed by atoms with Crippen molar-refractivity contribution in [3.63, 3.8) is 0 Å². The summed E-state index contributed by atoms with van der Waals surface area (Å²) < 4.78 is 0. The summed E-state index contributed by atoms with van der Waals surface area (Å²) in [5.41, 5.74) is 2.48. The number of hydrogen-bond acceptors (Lipinski definition) is 3. The third kappa shape index (κ3) is 3.40. The first-order chi connectivity index (χ1) is 12.2. The molecule has 0 saturated heterocycles. The molecule has 0 radical (unpaired) electrons. The summed E-state index contributed by atoms with van der Waals surface area (Å²) in [7, 11) is 0. The number of H-pyrrole nitrogens is 1. The fourth-order valence-electron chi connectivity index (χ4n) is 2.99. The highest BCUT2D eigenvalue weighted by molar-refractivity contribution is 5.95.